The molecule has 30 heavy (non-hydrogen) atoms. The van der Waals surface area contributed by atoms with Crippen molar-refractivity contribution in [1.82, 2.24) is 10.6 Å². The number of anilines is 1. The molecule has 7 N–H and O–H groups in total. The number of nitrogen functional groups attached to an aromatic ring is 1. The second kappa shape index (κ2) is 11.2. The Labute approximate surface area is 174 Å². The first-order chi connectivity index (χ1) is 13.9. The average molecular weight is 432 g/mol. The van der Waals surface area contributed by atoms with Crippen molar-refractivity contribution < 1.29 is 27.9 Å². The molecule has 0 saturated heterocycles. The monoisotopic (exact) mass is 432 g/mol. The summed E-state index contributed by atoms with van der Waals surface area (Å²) in [6.07, 6.45) is -4.56. The summed E-state index contributed by atoms with van der Waals surface area (Å²) in [5.74, 6) is -3.37. The van der Waals surface area contributed by atoms with Gasteiger partial charge in [0, 0.05) is 12.2 Å². The molecular weight excluding hydrogens is 401 g/mol. The lowest BCUT2D eigenvalue weighted by Crippen LogP contribution is -2.52. The second-order valence-electron chi connectivity index (χ2n) is 7.74. The maximum Gasteiger partial charge on any atom is 0.416 e. The van der Waals surface area contributed by atoms with Gasteiger partial charge in [-0.15, -0.1) is 0 Å². The van der Waals surface area contributed by atoms with Gasteiger partial charge >= 0.3 is 6.18 Å². The topological polar surface area (TPSA) is 130 Å². The third kappa shape index (κ3) is 7.83. The van der Waals surface area contributed by atoms with Gasteiger partial charge < -0.3 is 27.2 Å². The summed E-state index contributed by atoms with van der Waals surface area (Å²) in [5.41, 5.74) is 9.28. The lowest BCUT2D eigenvalue weighted by molar-refractivity contribution is -0.138. The van der Waals surface area contributed by atoms with Crippen molar-refractivity contribution in [1.29, 1.82) is 0 Å². The van der Waals surface area contributed by atoms with E-state index in [4.69, 9.17) is 11.5 Å². The Morgan fingerprint density at radius 1 is 1.17 bits per heavy atom. The number of carbonyl (C=O) groups is 2. The van der Waals surface area contributed by atoms with Gasteiger partial charge in [0.05, 0.1) is 17.7 Å². The normalized spacial score (nSPS) is 14.9. The zero-order valence-corrected chi connectivity index (χ0v) is 17.4. The van der Waals surface area contributed by atoms with E-state index >= 15 is 0 Å². The summed E-state index contributed by atoms with van der Waals surface area (Å²) in [5, 5.41) is 16.0. The van der Waals surface area contributed by atoms with Crippen LogP contribution in [0.1, 0.15) is 50.7 Å². The molecule has 10 heteroatoms. The standard InChI is InChI=1S/C20H31F3N4O3/c1-4-5-16(28)15(10-26-9-11(2)3)27-19(30)17(18(25)29)12-6-13(20(21,22)23)8-14(24)7-12/h6-8,11,15-17,26,28H,4-5,9-10,24H2,1-3H3,(H2,25,29)(H,27,30)/t15-,16-,17?/m0/s1. The van der Waals surface area contributed by atoms with Crippen molar-refractivity contribution >= 4 is 17.5 Å². The maximum absolute atomic E-state index is 13.1. The number of hydrogen-bond donors (Lipinski definition) is 5. The van der Waals surface area contributed by atoms with Crippen molar-refractivity contribution in [3.63, 3.8) is 0 Å². The Morgan fingerprint density at radius 2 is 1.80 bits per heavy atom. The second-order valence-corrected chi connectivity index (χ2v) is 7.74. The molecule has 170 valence electrons. The molecule has 0 fully saturated rings. The first-order valence-corrected chi connectivity index (χ1v) is 9.82. The van der Waals surface area contributed by atoms with Crippen LogP contribution in [0.15, 0.2) is 18.2 Å². The molecule has 0 heterocycles. The summed E-state index contributed by atoms with van der Waals surface area (Å²) in [6, 6.07) is 1.75. The van der Waals surface area contributed by atoms with E-state index in [1.54, 1.807) is 0 Å². The van der Waals surface area contributed by atoms with Gasteiger partial charge in [-0.1, -0.05) is 27.2 Å². The molecule has 0 bridgehead atoms. The number of aliphatic hydroxyl groups excluding tert-OH is 1. The molecular formula is C20H31F3N4O3. The quantitative estimate of drug-likeness (QED) is 0.269. The van der Waals surface area contributed by atoms with Crippen LogP contribution in [0, 0.1) is 5.92 Å². The lowest BCUT2D eigenvalue weighted by Gasteiger charge is -2.27. The van der Waals surface area contributed by atoms with Crippen LogP contribution in [0.3, 0.4) is 0 Å². The number of hydrogen-bond acceptors (Lipinski definition) is 5. The highest BCUT2D eigenvalue weighted by Crippen LogP contribution is 2.33. The van der Waals surface area contributed by atoms with Crippen molar-refractivity contribution in [3.05, 3.63) is 29.3 Å². The first-order valence-electron chi connectivity index (χ1n) is 9.82. The average Bonchev–Trinajstić information content (AvgIpc) is 2.59. The van der Waals surface area contributed by atoms with Crippen molar-refractivity contribution in [3.8, 4) is 0 Å². The number of rotatable bonds is 11. The summed E-state index contributed by atoms with van der Waals surface area (Å²) in [6.45, 7) is 6.70. The molecule has 0 spiro atoms. The molecule has 2 amide bonds. The number of nitrogens with two attached hydrogens (primary N) is 2. The third-order valence-corrected chi connectivity index (χ3v) is 4.48. The number of halogens is 3. The van der Waals surface area contributed by atoms with Crippen LogP contribution in [0.5, 0.6) is 0 Å². The highest BCUT2D eigenvalue weighted by molar-refractivity contribution is 6.05. The van der Waals surface area contributed by atoms with Gasteiger partial charge in [-0.3, -0.25) is 9.59 Å². The van der Waals surface area contributed by atoms with E-state index in [0.717, 1.165) is 6.07 Å². The maximum atomic E-state index is 13.1. The largest absolute Gasteiger partial charge is 0.416 e. The molecule has 0 saturated carbocycles. The summed E-state index contributed by atoms with van der Waals surface area (Å²) < 4.78 is 39.3. The van der Waals surface area contributed by atoms with Crippen LogP contribution < -0.4 is 22.1 Å². The van der Waals surface area contributed by atoms with E-state index in [1.165, 1.54) is 0 Å². The summed E-state index contributed by atoms with van der Waals surface area (Å²) in [4.78, 5) is 24.8. The number of benzene rings is 1. The fourth-order valence-corrected chi connectivity index (χ4v) is 3.03. The number of aliphatic hydroxyl groups is 1. The van der Waals surface area contributed by atoms with Crippen molar-refractivity contribution in [2.24, 2.45) is 11.7 Å². The summed E-state index contributed by atoms with van der Waals surface area (Å²) in [7, 11) is 0. The number of nitrogens with one attached hydrogen (secondary N) is 2. The van der Waals surface area contributed by atoms with Gasteiger partial charge in [0.1, 0.15) is 5.92 Å². The SMILES string of the molecule is CCC[C@H](O)[C@H](CNCC(C)C)NC(=O)C(C(N)=O)c1cc(N)cc(C(F)(F)F)c1. The fourth-order valence-electron chi connectivity index (χ4n) is 3.03. The van der Waals surface area contributed by atoms with Crippen molar-refractivity contribution in [2.75, 3.05) is 18.8 Å². The van der Waals surface area contributed by atoms with Crippen LogP contribution in [0.25, 0.3) is 0 Å². The van der Waals surface area contributed by atoms with E-state index < -0.39 is 41.6 Å². The molecule has 0 aliphatic carbocycles. The van der Waals surface area contributed by atoms with Crippen molar-refractivity contribution in [2.45, 2.75) is 57.9 Å². The van der Waals surface area contributed by atoms with Gasteiger partial charge in [0.15, 0.2) is 0 Å². The Balaban J connectivity index is 3.14. The Kier molecular flexibility index (Phi) is 9.57. The molecule has 1 rings (SSSR count). The van der Waals surface area contributed by atoms with E-state index in [1.807, 2.05) is 20.8 Å². The fraction of sp³-hybridized carbons (Fsp3) is 0.600. The molecule has 3 atom stereocenters. The van der Waals surface area contributed by atoms with Crippen LogP contribution in [-0.2, 0) is 15.8 Å². The number of alkyl halides is 3. The Bertz CT molecular complexity index is 726. The van der Waals surface area contributed by atoms with E-state index in [9.17, 15) is 27.9 Å². The minimum Gasteiger partial charge on any atom is -0.399 e. The highest BCUT2D eigenvalue weighted by Gasteiger charge is 2.35. The predicted octanol–water partition coefficient (Wildman–Crippen LogP) is 1.75. The van der Waals surface area contributed by atoms with E-state index in [2.05, 4.69) is 10.6 Å². The minimum atomic E-state index is -4.70. The van der Waals surface area contributed by atoms with E-state index in [-0.39, 0.29) is 17.8 Å². The molecule has 7 nitrogen and oxygen atoms in total. The molecule has 1 unspecified atom stereocenters. The molecule has 1 aromatic carbocycles. The third-order valence-electron chi connectivity index (χ3n) is 4.48. The minimum absolute atomic E-state index is 0.224. The Morgan fingerprint density at radius 3 is 2.30 bits per heavy atom. The van der Waals surface area contributed by atoms with Gasteiger partial charge in [-0.05, 0) is 42.6 Å². The lowest BCUT2D eigenvalue weighted by atomic mass is 9.94. The smallest absolute Gasteiger partial charge is 0.399 e. The molecule has 0 aromatic heterocycles. The predicted molar refractivity (Wildman–Crippen MR) is 108 cm³/mol. The van der Waals surface area contributed by atoms with Crippen LogP contribution in [0.2, 0.25) is 0 Å². The molecule has 1 aromatic rings. The summed E-state index contributed by atoms with van der Waals surface area (Å²) >= 11 is 0. The van der Waals surface area contributed by atoms with Crippen LogP contribution in [0.4, 0.5) is 18.9 Å². The van der Waals surface area contributed by atoms with Gasteiger partial charge in [-0.2, -0.15) is 13.2 Å². The molecule has 0 radical (unpaired) electrons. The zero-order chi connectivity index (χ0) is 23.1. The van der Waals surface area contributed by atoms with Gasteiger partial charge in [-0.25, -0.2) is 0 Å². The highest BCUT2D eigenvalue weighted by atomic mass is 19.4. The van der Waals surface area contributed by atoms with Crippen LogP contribution >= 0.6 is 0 Å². The first kappa shape index (κ1) is 25.7. The molecule has 0 aliphatic heterocycles. The van der Waals surface area contributed by atoms with Gasteiger partial charge in [0.25, 0.3) is 0 Å². The van der Waals surface area contributed by atoms with Crippen LogP contribution in [-0.4, -0.2) is 42.2 Å². The Hall–Kier alpha value is -2.33. The molecule has 0 aliphatic rings. The number of amides is 2. The number of carbonyl (C=O) groups excluding carboxylic acids is 2. The van der Waals surface area contributed by atoms with Gasteiger partial charge in [0.2, 0.25) is 11.8 Å². The number of primary amides is 1. The zero-order valence-electron chi connectivity index (χ0n) is 17.4. The van der Waals surface area contributed by atoms with E-state index in [0.29, 0.717) is 37.4 Å².